The van der Waals surface area contributed by atoms with E-state index in [1.807, 2.05) is 18.2 Å². The molecule has 0 fully saturated rings. The molecule has 4 heteroatoms. The van der Waals surface area contributed by atoms with E-state index < -0.39 is 4.75 Å². The van der Waals surface area contributed by atoms with Gasteiger partial charge in [-0.05, 0) is 31.7 Å². The number of ether oxygens (including phenoxy) is 1. The molecule has 1 aromatic rings. The average Bonchev–Trinajstić information content (AvgIpc) is 2.38. The fourth-order valence-electron chi connectivity index (χ4n) is 2.00. The number of rotatable bonds is 6. The third kappa shape index (κ3) is 5.07. The molecule has 0 amide bonds. The third-order valence-corrected chi connectivity index (χ3v) is 4.06. The Morgan fingerprint density at radius 2 is 1.89 bits per heavy atom. The van der Waals surface area contributed by atoms with Gasteiger partial charge in [0.15, 0.2) is 5.12 Å². The summed E-state index contributed by atoms with van der Waals surface area (Å²) >= 11 is 1.06. The van der Waals surface area contributed by atoms with E-state index in [1.54, 1.807) is 6.92 Å². The third-order valence-electron chi connectivity index (χ3n) is 2.95. The molecule has 0 N–H and O–H groups in total. The van der Waals surface area contributed by atoms with Crippen LogP contribution in [-0.4, -0.2) is 22.9 Å². The van der Waals surface area contributed by atoms with Crippen LogP contribution < -0.4 is 0 Å². The maximum Gasteiger partial charge on any atom is 0.322 e. The van der Waals surface area contributed by atoms with Gasteiger partial charge in [0.25, 0.3) is 0 Å². The zero-order valence-electron chi connectivity index (χ0n) is 11.6. The second-order valence-corrected chi connectivity index (χ2v) is 6.34. The molecule has 0 aliphatic rings. The number of hydrogen-bond donors (Lipinski definition) is 0. The summed E-state index contributed by atoms with van der Waals surface area (Å²) in [6.07, 6.45) is 2.36. The van der Waals surface area contributed by atoms with Crippen LogP contribution in [0, 0.1) is 0 Å². The predicted octanol–water partition coefficient (Wildman–Crippen LogP) is 3.22. The van der Waals surface area contributed by atoms with Gasteiger partial charge in [0.2, 0.25) is 0 Å². The highest BCUT2D eigenvalue weighted by molar-refractivity contribution is 8.15. The fraction of sp³-hybridized carbons (Fsp3) is 0.467. The summed E-state index contributed by atoms with van der Waals surface area (Å²) in [6, 6.07) is 10.1. The molecule has 0 radical (unpaired) electrons. The first-order valence-corrected chi connectivity index (χ1v) is 7.11. The molecule has 1 atom stereocenters. The van der Waals surface area contributed by atoms with E-state index in [0.29, 0.717) is 6.42 Å². The number of benzene rings is 1. The second kappa shape index (κ2) is 7.34. The van der Waals surface area contributed by atoms with Crippen LogP contribution in [0.2, 0.25) is 0 Å². The van der Waals surface area contributed by atoms with Crippen molar-refractivity contribution in [2.45, 2.75) is 37.9 Å². The van der Waals surface area contributed by atoms with Crippen molar-refractivity contribution in [3.8, 4) is 0 Å². The van der Waals surface area contributed by atoms with Gasteiger partial charge in [-0.1, -0.05) is 42.1 Å². The molecule has 0 saturated carbocycles. The van der Waals surface area contributed by atoms with Crippen molar-refractivity contribution >= 4 is 22.8 Å². The van der Waals surface area contributed by atoms with Gasteiger partial charge in [0.05, 0.1) is 7.11 Å². The van der Waals surface area contributed by atoms with Gasteiger partial charge < -0.3 is 4.74 Å². The summed E-state index contributed by atoms with van der Waals surface area (Å²) in [5.41, 5.74) is 1.24. The highest BCUT2D eigenvalue weighted by Crippen LogP contribution is 2.32. The van der Waals surface area contributed by atoms with E-state index in [4.69, 9.17) is 4.74 Å². The number of hydrogen-bond acceptors (Lipinski definition) is 4. The predicted molar refractivity (Wildman–Crippen MR) is 78.1 cm³/mol. The lowest BCUT2D eigenvalue weighted by Crippen LogP contribution is -2.34. The smallest absolute Gasteiger partial charge is 0.322 e. The number of thioether (sulfide) groups is 1. The first-order valence-electron chi connectivity index (χ1n) is 6.30. The molecular weight excluding hydrogens is 260 g/mol. The second-order valence-electron chi connectivity index (χ2n) is 4.66. The van der Waals surface area contributed by atoms with E-state index in [1.165, 1.54) is 19.6 Å². The molecule has 0 heterocycles. The zero-order chi connectivity index (χ0) is 14.3. The molecule has 0 bridgehead atoms. The van der Waals surface area contributed by atoms with Crippen molar-refractivity contribution in [3.63, 3.8) is 0 Å². The van der Waals surface area contributed by atoms with Crippen molar-refractivity contribution in [1.29, 1.82) is 0 Å². The van der Waals surface area contributed by atoms with E-state index in [0.717, 1.165) is 24.6 Å². The Bertz CT molecular complexity index is 430. The number of carbonyl (C=O) groups excluding carboxylic acids is 2. The molecule has 0 aromatic heterocycles. The van der Waals surface area contributed by atoms with Gasteiger partial charge in [0, 0.05) is 6.92 Å². The molecule has 0 spiro atoms. The van der Waals surface area contributed by atoms with Crippen LogP contribution >= 0.6 is 11.8 Å². The molecule has 0 aliphatic carbocycles. The van der Waals surface area contributed by atoms with Crippen LogP contribution in [0.15, 0.2) is 30.3 Å². The van der Waals surface area contributed by atoms with Crippen LogP contribution in [-0.2, 0) is 20.7 Å². The first kappa shape index (κ1) is 15.8. The summed E-state index contributed by atoms with van der Waals surface area (Å²) in [5, 5.41) is -0.0624. The number of esters is 1. The quantitative estimate of drug-likeness (QED) is 0.750. The van der Waals surface area contributed by atoms with Gasteiger partial charge in [-0.15, -0.1) is 0 Å². The number of aryl methyl sites for hydroxylation is 1. The SMILES string of the molecule is COC(=O)C(C)(CCCc1ccccc1)SC(C)=O. The summed E-state index contributed by atoms with van der Waals surface area (Å²) in [6.45, 7) is 3.25. The molecule has 1 unspecified atom stereocenters. The minimum Gasteiger partial charge on any atom is -0.468 e. The van der Waals surface area contributed by atoms with Crippen molar-refractivity contribution in [2.24, 2.45) is 0 Å². The zero-order valence-corrected chi connectivity index (χ0v) is 12.5. The lowest BCUT2D eigenvalue weighted by molar-refractivity contribution is -0.143. The Labute approximate surface area is 118 Å². The summed E-state index contributed by atoms with van der Waals surface area (Å²) in [5.74, 6) is -0.333. The molecular formula is C15H20O3S. The van der Waals surface area contributed by atoms with E-state index in [-0.39, 0.29) is 11.1 Å². The molecule has 0 saturated heterocycles. The molecule has 19 heavy (non-hydrogen) atoms. The topological polar surface area (TPSA) is 43.4 Å². The summed E-state index contributed by atoms with van der Waals surface area (Å²) in [7, 11) is 1.36. The van der Waals surface area contributed by atoms with Crippen LogP contribution in [0.5, 0.6) is 0 Å². The number of methoxy groups -OCH3 is 1. The van der Waals surface area contributed by atoms with Gasteiger partial charge >= 0.3 is 5.97 Å². The lowest BCUT2D eigenvalue weighted by atomic mass is 10.0. The highest BCUT2D eigenvalue weighted by atomic mass is 32.2. The average molecular weight is 280 g/mol. The van der Waals surface area contributed by atoms with Crippen LogP contribution in [0.4, 0.5) is 0 Å². The van der Waals surface area contributed by atoms with Gasteiger partial charge in [-0.3, -0.25) is 9.59 Å². The number of carbonyl (C=O) groups is 2. The Morgan fingerprint density at radius 3 is 2.42 bits per heavy atom. The first-order chi connectivity index (χ1) is 8.98. The van der Waals surface area contributed by atoms with Crippen molar-refractivity contribution in [3.05, 3.63) is 35.9 Å². The van der Waals surface area contributed by atoms with E-state index in [2.05, 4.69) is 12.1 Å². The fourth-order valence-corrected chi connectivity index (χ4v) is 3.05. The van der Waals surface area contributed by atoms with Crippen LogP contribution in [0.25, 0.3) is 0 Å². The Kier molecular flexibility index (Phi) is 6.09. The van der Waals surface area contributed by atoms with Crippen LogP contribution in [0.1, 0.15) is 32.3 Å². The van der Waals surface area contributed by atoms with Crippen molar-refractivity contribution in [2.75, 3.05) is 7.11 Å². The monoisotopic (exact) mass is 280 g/mol. The molecule has 104 valence electrons. The Balaban J connectivity index is 2.58. The van der Waals surface area contributed by atoms with Gasteiger partial charge in [0.1, 0.15) is 4.75 Å². The van der Waals surface area contributed by atoms with Crippen LogP contribution in [0.3, 0.4) is 0 Å². The summed E-state index contributed by atoms with van der Waals surface area (Å²) < 4.78 is 4.02. The largest absolute Gasteiger partial charge is 0.468 e. The maximum atomic E-state index is 11.8. The molecule has 0 aliphatic heterocycles. The van der Waals surface area contributed by atoms with E-state index >= 15 is 0 Å². The normalized spacial score (nSPS) is 13.6. The highest BCUT2D eigenvalue weighted by Gasteiger charge is 2.36. The van der Waals surface area contributed by atoms with Gasteiger partial charge in [-0.25, -0.2) is 0 Å². The Morgan fingerprint density at radius 1 is 1.26 bits per heavy atom. The minimum atomic E-state index is -0.782. The molecule has 1 rings (SSSR count). The molecule has 1 aromatic carbocycles. The molecule has 3 nitrogen and oxygen atoms in total. The summed E-state index contributed by atoms with van der Waals surface area (Å²) in [4.78, 5) is 23.1. The lowest BCUT2D eigenvalue weighted by Gasteiger charge is -2.24. The standard InChI is InChI=1S/C15H20O3S/c1-12(16)19-15(2,14(17)18-3)11-7-10-13-8-5-4-6-9-13/h4-6,8-9H,7,10-11H2,1-3H3. The Hall–Kier alpha value is -1.29. The minimum absolute atomic E-state index is 0.0624. The van der Waals surface area contributed by atoms with E-state index in [9.17, 15) is 9.59 Å². The maximum absolute atomic E-state index is 11.8. The van der Waals surface area contributed by atoms with Crippen molar-refractivity contribution in [1.82, 2.24) is 0 Å². The van der Waals surface area contributed by atoms with Crippen molar-refractivity contribution < 1.29 is 14.3 Å². The van der Waals surface area contributed by atoms with Gasteiger partial charge in [-0.2, -0.15) is 0 Å².